The summed E-state index contributed by atoms with van der Waals surface area (Å²) in [6.45, 7) is 14.1. The van der Waals surface area contributed by atoms with Gasteiger partial charge in [0.2, 0.25) is 0 Å². The highest BCUT2D eigenvalue weighted by atomic mass is 16.1. The van der Waals surface area contributed by atoms with Crippen LogP contribution in [0.4, 0.5) is 0 Å². The van der Waals surface area contributed by atoms with Gasteiger partial charge in [0.15, 0.2) is 5.78 Å². The molecule has 0 spiro atoms. The number of hydrogen-bond donors (Lipinski definition) is 0. The zero-order valence-corrected chi connectivity index (χ0v) is 12.4. The van der Waals surface area contributed by atoms with Gasteiger partial charge in [-0.1, -0.05) is 19.9 Å². The number of rotatable bonds is 8. The number of unbranched alkanes of at least 4 members (excludes halogenated alkanes) is 1. The van der Waals surface area contributed by atoms with E-state index in [9.17, 15) is 4.79 Å². The predicted octanol–water partition coefficient (Wildman–Crippen LogP) is 3.67. The number of Topliss-reactive ketones (excluding diaryl/α,β-unsaturated/α-hetero) is 1. The van der Waals surface area contributed by atoms with Gasteiger partial charge >= 0.3 is 0 Å². The van der Waals surface area contributed by atoms with E-state index in [0.717, 1.165) is 19.3 Å². The van der Waals surface area contributed by atoms with Gasteiger partial charge in [0.25, 0.3) is 0 Å². The highest BCUT2D eigenvalue weighted by Crippen LogP contribution is 2.27. The van der Waals surface area contributed by atoms with Crippen LogP contribution in [0.5, 0.6) is 0 Å². The third-order valence-corrected chi connectivity index (χ3v) is 3.68. The second kappa shape index (κ2) is 6.95. The fourth-order valence-electron chi connectivity index (χ4n) is 2.26. The summed E-state index contributed by atoms with van der Waals surface area (Å²) in [5.41, 5.74) is -0.342. The molecule has 0 saturated heterocycles. The number of allylic oxidation sites excluding steroid dienone is 1. The molecule has 0 aromatic heterocycles. The first-order valence-electron chi connectivity index (χ1n) is 6.65. The molecular weight excluding hydrogens is 210 g/mol. The quantitative estimate of drug-likeness (QED) is 0.476. The van der Waals surface area contributed by atoms with Gasteiger partial charge in [0.1, 0.15) is 0 Å². The maximum atomic E-state index is 12.4. The van der Waals surface area contributed by atoms with Crippen LogP contribution in [-0.2, 0) is 4.79 Å². The van der Waals surface area contributed by atoms with E-state index in [4.69, 9.17) is 0 Å². The highest BCUT2D eigenvalue weighted by Gasteiger charge is 2.38. The lowest BCUT2D eigenvalue weighted by Crippen LogP contribution is -2.54. The van der Waals surface area contributed by atoms with E-state index in [1.165, 1.54) is 0 Å². The molecule has 0 saturated carbocycles. The highest BCUT2D eigenvalue weighted by molar-refractivity contribution is 5.89. The molecule has 17 heavy (non-hydrogen) atoms. The largest absolute Gasteiger partial charge is 0.297 e. The summed E-state index contributed by atoms with van der Waals surface area (Å²) >= 11 is 0. The summed E-state index contributed by atoms with van der Waals surface area (Å²) < 4.78 is 0. The van der Waals surface area contributed by atoms with Gasteiger partial charge in [-0.2, -0.15) is 0 Å². The number of likely N-dealkylation sites (N-methyl/N-ethyl adjacent to an activating group) is 1. The monoisotopic (exact) mass is 239 g/mol. The molecular formula is C15H29NO. The van der Waals surface area contributed by atoms with Crippen molar-refractivity contribution < 1.29 is 4.79 Å². The fourth-order valence-corrected chi connectivity index (χ4v) is 2.26. The van der Waals surface area contributed by atoms with Crippen molar-refractivity contribution in [1.29, 1.82) is 0 Å². The van der Waals surface area contributed by atoms with E-state index in [-0.39, 0.29) is 11.5 Å². The van der Waals surface area contributed by atoms with E-state index in [0.29, 0.717) is 11.8 Å². The molecule has 1 atom stereocenters. The van der Waals surface area contributed by atoms with Gasteiger partial charge in [-0.25, -0.2) is 0 Å². The smallest absolute Gasteiger partial charge is 0.155 e. The van der Waals surface area contributed by atoms with E-state index >= 15 is 0 Å². The minimum Gasteiger partial charge on any atom is -0.297 e. The summed E-state index contributed by atoms with van der Waals surface area (Å²) in [6, 6.07) is 0.381. The Balaban J connectivity index is 4.92. The standard InChI is InChI=1S/C15H29NO/c1-8-9-10-11-15(6,14(17)12(2)3)16(7)13(4)5/h8,12-13H,1,9-11H2,2-7H3. The van der Waals surface area contributed by atoms with Crippen molar-refractivity contribution in [3.05, 3.63) is 12.7 Å². The molecule has 0 N–H and O–H groups in total. The Morgan fingerprint density at radius 3 is 2.24 bits per heavy atom. The molecule has 0 aromatic carbocycles. The minimum absolute atomic E-state index is 0.0879. The van der Waals surface area contributed by atoms with E-state index in [1.54, 1.807) is 0 Å². The SMILES string of the molecule is C=CCCCC(C)(C(=O)C(C)C)N(C)C(C)C. The molecule has 0 aromatic rings. The Kier molecular flexibility index (Phi) is 6.69. The van der Waals surface area contributed by atoms with Gasteiger partial charge in [-0.05, 0) is 47.1 Å². The van der Waals surface area contributed by atoms with E-state index in [1.807, 2.05) is 19.9 Å². The molecule has 2 nitrogen and oxygen atoms in total. The minimum atomic E-state index is -0.342. The van der Waals surface area contributed by atoms with Crippen molar-refractivity contribution in [3.8, 4) is 0 Å². The molecule has 0 amide bonds. The van der Waals surface area contributed by atoms with Crippen molar-refractivity contribution in [2.24, 2.45) is 5.92 Å². The van der Waals surface area contributed by atoms with Crippen LogP contribution in [0.1, 0.15) is 53.9 Å². The molecule has 0 rings (SSSR count). The van der Waals surface area contributed by atoms with Gasteiger partial charge in [0, 0.05) is 12.0 Å². The number of carbonyl (C=O) groups is 1. The van der Waals surface area contributed by atoms with Gasteiger partial charge in [-0.15, -0.1) is 6.58 Å². The Morgan fingerprint density at radius 1 is 1.35 bits per heavy atom. The third-order valence-electron chi connectivity index (χ3n) is 3.68. The maximum Gasteiger partial charge on any atom is 0.155 e. The van der Waals surface area contributed by atoms with Gasteiger partial charge in [-0.3, -0.25) is 9.69 Å². The second-order valence-electron chi connectivity index (χ2n) is 5.68. The van der Waals surface area contributed by atoms with Crippen molar-refractivity contribution >= 4 is 5.78 Å². The van der Waals surface area contributed by atoms with Crippen molar-refractivity contribution in [3.63, 3.8) is 0 Å². The second-order valence-corrected chi connectivity index (χ2v) is 5.68. The maximum absolute atomic E-state index is 12.4. The first-order valence-corrected chi connectivity index (χ1v) is 6.65. The Labute approximate surface area is 107 Å². The zero-order chi connectivity index (χ0) is 13.6. The van der Waals surface area contributed by atoms with E-state index in [2.05, 4.69) is 39.3 Å². The zero-order valence-electron chi connectivity index (χ0n) is 12.4. The normalized spacial score (nSPS) is 15.4. The van der Waals surface area contributed by atoms with E-state index < -0.39 is 0 Å². The van der Waals surface area contributed by atoms with Crippen LogP contribution in [0.3, 0.4) is 0 Å². The van der Waals surface area contributed by atoms with Crippen LogP contribution in [0.2, 0.25) is 0 Å². The van der Waals surface area contributed by atoms with Crippen LogP contribution in [-0.4, -0.2) is 29.3 Å². The summed E-state index contributed by atoms with van der Waals surface area (Å²) in [5.74, 6) is 0.433. The molecule has 0 heterocycles. The summed E-state index contributed by atoms with van der Waals surface area (Å²) in [4.78, 5) is 14.6. The lowest BCUT2D eigenvalue weighted by molar-refractivity contribution is -0.134. The third kappa shape index (κ3) is 4.27. The summed E-state index contributed by atoms with van der Waals surface area (Å²) in [5, 5.41) is 0. The molecule has 0 bridgehead atoms. The Bertz CT molecular complexity index is 258. The Morgan fingerprint density at radius 2 is 1.88 bits per heavy atom. The van der Waals surface area contributed by atoms with Crippen LogP contribution < -0.4 is 0 Å². The molecule has 0 fully saturated rings. The van der Waals surface area contributed by atoms with Crippen LogP contribution >= 0.6 is 0 Å². The number of nitrogens with zero attached hydrogens (tertiary/aromatic N) is 1. The van der Waals surface area contributed by atoms with Crippen molar-refractivity contribution in [2.75, 3.05) is 7.05 Å². The molecule has 0 radical (unpaired) electrons. The number of hydrogen-bond acceptors (Lipinski definition) is 2. The topological polar surface area (TPSA) is 20.3 Å². The molecule has 0 aliphatic carbocycles. The molecule has 1 unspecified atom stereocenters. The van der Waals surface area contributed by atoms with Crippen molar-refractivity contribution in [2.45, 2.75) is 65.5 Å². The lowest BCUT2D eigenvalue weighted by Gasteiger charge is -2.41. The molecule has 2 heteroatoms. The van der Waals surface area contributed by atoms with Crippen molar-refractivity contribution in [1.82, 2.24) is 4.90 Å². The van der Waals surface area contributed by atoms with Crippen LogP contribution in [0, 0.1) is 5.92 Å². The molecule has 100 valence electrons. The van der Waals surface area contributed by atoms with Gasteiger partial charge < -0.3 is 0 Å². The molecule has 0 aliphatic heterocycles. The Hall–Kier alpha value is -0.630. The lowest BCUT2D eigenvalue weighted by atomic mass is 9.82. The molecule has 0 aliphatic rings. The summed E-state index contributed by atoms with van der Waals surface area (Å²) in [6.07, 6.45) is 4.84. The first-order chi connectivity index (χ1) is 7.77. The predicted molar refractivity (Wildman–Crippen MR) is 75.2 cm³/mol. The first kappa shape index (κ1) is 16.4. The fraction of sp³-hybridized carbons (Fsp3) is 0.800. The summed E-state index contributed by atoms with van der Waals surface area (Å²) in [7, 11) is 2.05. The number of carbonyl (C=O) groups excluding carboxylic acids is 1. The average molecular weight is 239 g/mol. The average Bonchev–Trinajstić information content (AvgIpc) is 2.26. The van der Waals surface area contributed by atoms with Gasteiger partial charge in [0.05, 0.1) is 5.54 Å². The number of ketones is 1. The van der Waals surface area contributed by atoms with Crippen LogP contribution in [0.15, 0.2) is 12.7 Å². The van der Waals surface area contributed by atoms with Crippen LogP contribution in [0.25, 0.3) is 0 Å².